The number of hydrogen-bond donors (Lipinski definition) is 2. The van der Waals surface area contributed by atoms with Crippen molar-refractivity contribution in [1.82, 2.24) is 5.32 Å². The largest absolute Gasteiger partial charge is 0.478 e. The molecule has 3 aromatic carbocycles. The second kappa shape index (κ2) is 7.36. The van der Waals surface area contributed by atoms with Gasteiger partial charge in [-0.15, -0.1) is 0 Å². The molecule has 0 aliphatic heterocycles. The molecule has 1 amide bonds. The lowest BCUT2D eigenvalue weighted by Gasteiger charge is -2.09. The van der Waals surface area contributed by atoms with Crippen LogP contribution < -0.4 is 5.32 Å². The summed E-state index contributed by atoms with van der Waals surface area (Å²) in [5.74, 6) is -1.40. The molecular weight excluding hydrogens is 338 g/mol. The van der Waals surface area contributed by atoms with Gasteiger partial charge in [-0.25, -0.2) is 4.79 Å². The van der Waals surface area contributed by atoms with Gasteiger partial charge >= 0.3 is 5.97 Å². The minimum Gasteiger partial charge on any atom is -0.478 e. The van der Waals surface area contributed by atoms with Gasteiger partial charge in [0.2, 0.25) is 0 Å². The third-order valence-corrected chi connectivity index (χ3v) is 4.33. The lowest BCUT2D eigenvalue weighted by atomic mass is 10.0. The molecule has 0 radical (unpaired) electrons. The Morgan fingerprint density at radius 2 is 1.76 bits per heavy atom. The number of amides is 1. The van der Waals surface area contributed by atoms with Crippen LogP contribution >= 0.6 is 11.6 Å². The van der Waals surface area contributed by atoms with Gasteiger partial charge in [-0.3, -0.25) is 4.79 Å². The smallest absolute Gasteiger partial charge is 0.337 e. The minimum absolute atomic E-state index is 0.0195. The van der Waals surface area contributed by atoms with Crippen LogP contribution in [-0.2, 0) is 6.42 Å². The Kier molecular flexibility index (Phi) is 5.00. The summed E-state index contributed by atoms with van der Waals surface area (Å²) in [5, 5.41) is 14.2. The van der Waals surface area contributed by atoms with Crippen LogP contribution in [0.15, 0.2) is 60.7 Å². The minimum atomic E-state index is -1.12. The maximum Gasteiger partial charge on any atom is 0.337 e. The topological polar surface area (TPSA) is 66.4 Å². The molecule has 0 heterocycles. The molecule has 0 unspecified atom stereocenters. The summed E-state index contributed by atoms with van der Waals surface area (Å²) in [7, 11) is 0. The van der Waals surface area contributed by atoms with Gasteiger partial charge < -0.3 is 10.4 Å². The molecule has 25 heavy (non-hydrogen) atoms. The highest BCUT2D eigenvalue weighted by Gasteiger charge is 2.12. The summed E-state index contributed by atoms with van der Waals surface area (Å²) in [5.41, 5.74) is 1.49. The Labute approximate surface area is 150 Å². The zero-order valence-electron chi connectivity index (χ0n) is 13.3. The number of carbonyl (C=O) groups is 2. The summed E-state index contributed by atoms with van der Waals surface area (Å²) in [6, 6.07) is 18.4. The zero-order valence-corrected chi connectivity index (χ0v) is 14.1. The van der Waals surface area contributed by atoms with Crippen LogP contribution in [0.4, 0.5) is 0 Å². The maximum absolute atomic E-state index is 12.2. The number of carbonyl (C=O) groups excluding carboxylic acids is 1. The van der Waals surface area contributed by atoms with Gasteiger partial charge in [-0.05, 0) is 41.0 Å². The predicted molar refractivity (Wildman–Crippen MR) is 98.4 cm³/mol. The lowest BCUT2D eigenvalue weighted by molar-refractivity contribution is 0.0696. The van der Waals surface area contributed by atoms with E-state index < -0.39 is 5.97 Å². The van der Waals surface area contributed by atoms with Crippen molar-refractivity contribution in [3.8, 4) is 0 Å². The molecule has 126 valence electrons. The normalized spacial score (nSPS) is 10.6. The fraction of sp³-hybridized carbons (Fsp3) is 0.100. The number of fused-ring (bicyclic) bond motifs is 1. The van der Waals surface area contributed by atoms with Gasteiger partial charge in [0.1, 0.15) is 0 Å². The first kappa shape index (κ1) is 17.0. The molecule has 2 N–H and O–H groups in total. The van der Waals surface area contributed by atoms with Gasteiger partial charge in [0, 0.05) is 12.1 Å². The van der Waals surface area contributed by atoms with Crippen molar-refractivity contribution in [3.63, 3.8) is 0 Å². The first-order chi connectivity index (χ1) is 12.1. The molecule has 0 aliphatic carbocycles. The monoisotopic (exact) mass is 353 g/mol. The first-order valence-corrected chi connectivity index (χ1v) is 8.22. The summed E-state index contributed by atoms with van der Waals surface area (Å²) in [6.45, 7) is 0.477. The predicted octanol–water partition coefficient (Wildman–Crippen LogP) is 4.16. The molecule has 0 aliphatic rings. The number of benzene rings is 3. The van der Waals surface area contributed by atoms with E-state index in [0.29, 0.717) is 18.5 Å². The molecule has 0 saturated heterocycles. The number of nitrogens with one attached hydrogen (secondary N) is 1. The van der Waals surface area contributed by atoms with E-state index in [1.807, 2.05) is 24.3 Å². The second-order valence-corrected chi connectivity index (χ2v) is 6.05. The van der Waals surface area contributed by atoms with Crippen molar-refractivity contribution in [2.24, 2.45) is 0 Å². The fourth-order valence-corrected chi connectivity index (χ4v) is 3.01. The third-order valence-electron chi connectivity index (χ3n) is 4.02. The summed E-state index contributed by atoms with van der Waals surface area (Å²) < 4.78 is 0. The highest BCUT2D eigenvalue weighted by atomic mass is 35.5. The molecule has 4 nitrogen and oxygen atoms in total. The number of carboxylic acids is 1. The van der Waals surface area contributed by atoms with Crippen LogP contribution in [0.5, 0.6) is 0 Å². The molecule has 0 atom stereocenters. The van der Waals surface area contributed by atoms with Crippen molar-refractivity contribution in [2.75, 3.05) is 6.54 Å². The van der Waals surface area contributed by atoms with Crippen LogP contribution in [0, 0.1) is 0 Å². The van der Waals surface area contributed by atoms with Crippen molar-refractivity contribution >= 4 is 34.2 Å². The Bertz CT molecular complexity index is 947. The van der Waals surface area contributed by atoms with Crippen molar-refractivity contribution < 1.29 is 14.7 Å². The van der Waals surface area contributed by atoms with E-state index in [-0.39, 0.29) is 16.5 Å². The van der Waals surface area contributed by atoms with Crippen molar-refractivity contribution in [1.29, 1.82) is 0 Å². The molecule has 0 aromatic heterocycles. The molecular formula is C20H16ClNO3. The van der Waals surface area contributed by atoms with Gasteiger partial charge in [-0.2, -0.15) is 0 Å². The Hall–Kier alpha value is -2.85. The van der Waals surface area contributed by atoms with Crippen LogP contribution in [0.1, 0.15) is 26.3 Å². The number of aromatic carboxylic acids is 1. The van der Waals surface area contributed by atoms with Gasteiger partial charge in [-0.1, -0.05) is 54.1 Å². The van der Waals surface area contributed by atoms with E-state index >= 15 is 0 Å². The second-order valence-electron chi connectivity index (χ2n) is 5.64. The average Bonchev–Trinajstić information content (AvgIpc) is 2.61. The zero-order chi connectivity index (χ0) is 17.8. The summed E-state index contributed by atoms with van der Waals surface area (Å²) >= 11 is 5.90. The van der Waals surface area contributed by atoms with Crippen LogP contribution in [0.2, 0.25) is 5.02 Å². The maximum atomic E-state index is 12.2. The van der Waals surface area contributed by atoms with E-state index in [1.165, 1.54) is 29.0 Å². The first-order valence-electron chi connectivity index (χ1n) is 7.84. The molecule has 0 bridgehead atoms. The number of rotatable bonds is 5. The molecule has 3 rings (SSSR count). The molecule has 0 fully saturated rings. The van der Waals surface area contributed by atoms with E-state index in [9.17, 15) is 9.59 Å². The van der Waals surface area contributed by atoms with Gasteiger partial charge in [0.25, 0.3) is 5.91 Å². The van der Waals surface area contributed by atoms with Gasteiger partial charge in [0.15, 0.2) is 0 Å². The average molecular weight is 354 g/mol. The molecule has 0 spiro atoms. The number of carboxylic acid groups (broad SMARTS) is 1. The van der Waals surface area contributed by atoms with E-state index in [1.54, 1.807) is 0 Å². The van der Waals surface area contributed by atoms with Crippen LogP contribution in [0.25, 0.3) is 10.8 Å². The highest BCUT2D eigenvalue weighted by Crippen LogP contribution is 2.19. The van der Waals surface area contributed by atoms with E-state index in [0.717, 1.165) is 5.56 Å². The third kappa shape index (κ3) is 3.80. The van der Waals surface area contributed by atoms with Crippen molar-refractivity contribution in [2.45, 2.75) is 6.42 Å². The fourth-order valence-electron chi connectivity index (χ4n) is 2.75. The highest BCUT2D eigenvalue weighted by molar-refractivity contribution is 6.33. The van der Waals surface area contributed by atoms with Gasteiger partial charge in [0.05, 0.1) is 10.6 Å². The Balaban J connectivity index is 1.66. The van der Waals surface area contributed by atoms with E-state index in [4.69, 9.17) is 16.7 Å². The quantitative estimate of drug-likeness (QED) is 0.723. The summed E-state index contributed by atoms with van der Waals surface area (Å²) in [6.07, 6.45) is 0.702. The molecule has 0 saturated carbocycles. The van der Waals surface area contributed by atoms with Crippen LogP contribution in [0.3, 0.4) is 0 Å². The standard InChI is InChI=1S/C20H16ClNO3/c21-18-12-15(8-9-17(18)20(24)25)19(23)22-11-10-14-6-3-5-13-4-1-2-7-16(13)14/h1-9,12H,10-11H2,(H,22,23)(H,24,25). The lowest BCUT2D eigenvalue weighted by Crippen LogP contribution is -2.25. The van der Waals surface area contributed by atoms with Crippen molar-refractivity contribution in [3.05, 3.63) is 82.4 Å². The Morgan fingerprint density at radius 1 is 1.00 bits per heavy atom. The number of halogens is 1. The SMILES string of the molecule is O=C(NCCc1cccc2ccccc12)c1ccc(C(=O)O)c(Cl)c1. The van der Waals surface area contributed by atoms with Crippen LogP contribution in [-0.4, -0.2) is 23.5 Å². The summed E-state index contributed by atoms with van der Waals surface area (Å²) in [4.78, 5) is 23.2. The molecule has 3 aromatic rings. The number of hydrogen-bond acceptors (Lipinski definition) is 2. The molecule has 5 heteroatoms. The Morgan fingerprint density at radius 3 is 2.52 bits per heavy atom. The van der Waals surface area contributed by atoms with E-state index in [2.05, 4.69) is 23.5 Å².